The molecule has 0 saturated carbocycles. The highest BCUT2D eigenvalue weighted by molar-refractivity contribution is 5.67. The molecule has 7 heteroatoms. The summed E-state index contributed by atoms with van der Waals surface area (Å²) in [6.45, 7) is 5.66. The summed E-state index contributed by atoms with van der Waals surface area (Å²) in [4.78, 5) is 19.1. The van der Waals surface area contributed by atoms with Crippen LogP contribution in [0.2, 0.25) is 0 Å². The Morgan fingerprint density at radius 1 is 0.964 bits per heavy atom. The second-order valence-corrected chi connectivity index (χ2v) is 6.98. The third kappa shape index (κ3) is 3.93. The maximum absolute atomic E-state index is 13.1. The highest BCUT2D eigenvalue weighted by Gasteiger charge is 2.23. The molecule has 1 aliphatic rings. The molecule has 6 nitrogen and oxygen atoms in total. The predicted molar refractivity (Wildman–Crippen MR) is 105 cm³/mol. The second kappa shape index (κ2) is 7.88. The fourth-order valence-corrected chi connectivity index (χ4v) is 3.47. The van der Waals surface area contributed by atoms with Gasteiger partial charge in [0.25, 0.3) is 0 Å². The fraction of sp³-hybridized carbons (Fsp3) is 0.333. The van der Waals surface area contributed by atoms with E-state index in [1.165, 1.54) is 12.3 Å². The van der Waals surface area contributed by atoms with Gasteiger partial charge in [-0.2, -0.15) is 4.39 Å². The summed E-state index contributed by atoms with van der Waals surface area (Å²) in [6, 6.07) is 6.96. The maximum atomic E-state index is 13.1. The van der Waals surface area contributed by atoms with Gasteiger partial charge in [-0.05, 0) is 38.1 Å². The molecule has 3 aromatic heterocycles. The summed E-state index contributed by atoms with van der Waals surface area (Å²) in [5.74, 6) is 1.22. The molecule has 28 heavy (non-hydrogen) atoms. The van der Waals surface area contributed by atoms with Crippen LogP contribution in [-0.4, -0.2) is 39.1 Å². The topological polar surface area (TPSA) is 64.0 Å². The lowest BCUT2D eigenvalue weighted by atomic mass is 10.1. The number of anilines is 1. The summed E-state index contributed by atoms with van der Waals surface area (Å²) in [5.41, 5.74) is 3.51. The van der Waals surface area contributed by atoms with Crippen molar-refractivity contribution in [3.8, 4) is 17.0 Å². The molecule has 1 saturated heterocycles. The SMILES string of the molecule is Cc1ccc(OC2CCN(c3ncnc(-c4ccc(F)nc4)c3C)CC2)cn1. The lowest BCUT2D eigenvalue weighted by Crippen LogP contribution is -2.39. The Balaban J connectivity index is 1.45. The third-order valence-electron chi connectivity index (χ3n) is 4.99. The first-order valence-electron chi connectivity index (χ1n) is 9.38. The molecular formula is C21H22FN5O. The van der Waals surface area contributed by atoms with Crippen LogP contribution in [0.4, 0.5) is 10.2 Å². The molecule has 0 aliphatic carbocycles. The lowest BCUT2D eigenvalue weighted by molar-refractivity contribution is 0.170. The van der Waals surface area contributed by atoms with Gasteiger partial charge in [0.05, 0.1) is 11.9 Å². The Morgan fingerprint density at radius 2 is 1.79 bits per heavy atom. The van der Waals surface area contributed by atoms with Crippen molar-refractivity contribution in [2.75, 3.05) is 18.0 Å². The van der Waals surface area contributed by atoms with Crippen LogP contribution in [0.25, 0.3) is 11.3 Å². The number of hydrogen-bond acceptors (Lipinski definition) is 6. The summed E-state index contributed by atoms with van der Waals surface area (Å²) in [6.07, 6.45) is 6.82. The van der Waals surface area contributed by atoms with Crippen LogP contribution in [0.15, 0.2) is 43.0 Å². The zero-order valence-corrected chi connectivity index (χ0v) is 16.0. The van der Waals surface area contributed by atoms with Gasteiger partial charge >= 0.3 is 0 Å². The number of piperidine rings is 1. The Hall–Kier alpha value is -3.09. The summed E-state index contributed by atoms with van der Waals surface area (Å²) < 4.78 is 19.2. The summed E-state index contributed by atoms with van der Waals surface area (Å²) in [7, 11) is 0. The monoisotopic (exact) mass is 379 g/mol. The van der Waals surface area contributed by atoms with E-state index in [4.69, 9.17) is 4.74 Å². The van der Waals surface area contributed by atoms with E-state index in [0.29, 0.717) is 0 Å². The zero-order chi connectivity index (χ0) is 19.5. The van der Waals surface area contributed by atoms with Gasteiger partial charge in [-0.1, -0.05) is 0 Å². The van der Waals surface area contributed by atoms with E-state index in [2.05, 4.69) is 24.8 Å². The predicted octanol–water partition coefficient (Wildman–Crippen LogP) is 3.74. The molecule has 3 aromatic rings. The van der Waals surface area contributed by atoms with E-state index in [-0.39, 0.29) is 6.10 Å². The largest absolute Gasteiger partial charge is 0.489 e. The lowest BCUT2D eigenvalue weighted by Gasteiger charge is -2.33. The van der Waals surface area contributed by atoms with Crippen LogP contribution in [0, 0.1) is 19.8 Å². The Kier molecular flexibility index (Phi) is 5.14. The number of ether oxygens (including phenoxy) is 1. The molecular weight excluding hydrogens is 357 g/mol. The number of hydrogen-bond donors (Lipinski definition) is 0. The van der Waals surface area contributed by atoms with Gasteiger partial charge in [0.15, 0.2) is 0 Å². The second-order valence-electron chi connectivity index (χ2n) is 6.98. The normalized spacial score (nSPS) is 14.9. The van der Waals surface area contributed by atoms with Gasteiger partial charge in [-0.25, -0.2) is 15.0 Å². The Bertz CT molecular complexity index is 938. The number of halogens is 1. The Labute approximate surface area is 163 Å². The molecule has 4 heterocycles. The summed E-state index contributed by atoms with van der Waals surface area (Å²) in [5, 5.41) is 0. The average Bonchev–Trinajstić information content (AvgIpc) is 2.71. The average molecular weight is 379 g/mol. The van der Waals surface area contributed by atoms with Gasteiger partial charge in [0.2, 0.25) is 5.95 Å². The zero-order valence-electron chi connectivity index (χ0n) is 16.0. The van der Waals surface area contributed by atoms with E-state index >= 15 is 0 Å². The van der Waals surface area contributed by atoms with E-state index < -0.39 is 5.95 Å². The van der Waals surface area contributed by atoms with Crippen molar-refractivity contribution >= 4 is 5.82 Å². The number of pyridine rings is 2. The van der Waals surface area contributed by atoms with Crippen LogP contribution in [0.1, 0.15) is 24.1 Å². The molecule has 0 amide bonds. The standard InChI is InChI=1S/C21H22FN5O/c1-14-3-5-18(12-23-14)28-17-7-9-27(10-8-17)21-15(2)20(25-13-26-21)16-4-6-19(22)24-11-16/h3-6,11-13,17H,7-10H2,1-2H3. The molecule has 144 valence electrons. The third-order valence-corrected chi connectivity index (χ3v) is 4.99. The maximum Gasteiger partial charge on any atom is 0.212 e. The van der Waals surface area contributed by atoms with Crippen molar-refractivity contribution in [3.63, 3.8) is 0 Å². The van der Waals surface area contributed by atoms with Gasteiger partial charge in [0, 0.05) is 48.9 Å². The molecule has 0 radical (unpaired) electrons. The summed E-state index contributed by atoms with van der Waals surface area (Å²) >= 11 is 0. The molecule has 0 bridgehead atoms. The highest BCUT2D eigenvalue weighted by atomic mass is 19.1. The van der Waals surface area contributed by atoms with Crippen molar-refractivity contribution in [1.29, 1.82) is 0 Å². The van der Waals surface area contributed by atoms with Crippen molar-refractivity contribution in [1.82, 2.24) is 19.9 Å². The van der Waals surface area contributed by atoms with E-state index in [9.17, 15) is 4.39 Å². The van der Waals surface area contributed by atoms with Crippen molar-refractivity contribution in [3.05, 3.63) is 60.2 Å². The van der Waals surface area contributed by atoms with Crippen molar-refractivity contribution < 1.29 is 9.13 Å². The Morgan fingerprint density at radius 3 is 2.46 bits per heavy atom. The molecule has 0 atom stereocenters. The smallest absolute Gasteiger partial charge is 0.212 e. The van der Waals surface area contributed by atoms with Crippen LogP contribution >= 0.6 is 0 Å². The van der Waals surface area contributed by atoms with Crippen molar-refractivity contribution in [2.24, 2.45) is 0 Å². The molecule has 1 fully saturated rings. The van der Waals surface area contributed by atoms with E-state index in [1.54, 1.807) is 18.6 Å². The number of rotatable bonds is 4. The van der Waals surface area contributed by atoms with Crippen LogP contribution in [-0.2, 0) is 0 Å². The molecule has 0 aromatic carbocycles. The minimum Gasteiger partial charge on any atom is -0.489 e. The fourth-order valence-electron chi connectivity index (χ4n) is 3.47. The van der Waals surface area contributed by atoms with Gasteiger partial charge in [-0.3, -0.25) is 4.98 Å². The quantitative estimate of drug-likeness (QED) is 0.644. The van der Waals surface area contributed by atoms with E-state index in [0.717, 1.165) is 60.0 Å². The van der Waals surface area contributed by atoms with Gasteiger partial charge in [-0.15, -0.1) is 0 Å². The van der Waals surface area contributed by atoms with E-state index in [1.807, 2.05) is 26.0 Å². The van der Waals surface area contributed by atoms with Crippen molar-refractivity contribution in [2.45, 2.75) is 32.8 Å². The number of nitrogens with zero attached hydrogens (tertiary/aromatic N) is 5. The van der Waals surface area contributed by atoms with Crippen LogP contribution in [0.5, 0.6) is 5.75 Å². The number of aromatic nitrogens is 4. The molecule has 0 spiro atoms. The minimum atomic E-state index is -0.499. The first-order chi connectivity index (χ1) is 13.6. The number of aryl methyl sites for hydroxylation is 1. The molecule has 1 aliphatic heterocycles. The highest BCUT2D eigenvalue weighted by Crippen LogP contribution is 2.29. The molecule has 0 N–H and O–H groups in total. The van der Waals surface area contributed by atoms with Gasteiger partial charge < -0.3 is 9.64 Å². The first kappa shape index (κ1) is 18.3. The molecule has 4 rings (SSSR count). The van der Waals surface area contributed by atoms with Crippen LogP contribution < -0.4 is 9.64 Å². The van der Waals surface area contributed by atoms with Crippen LogP contribution in [0.3, 0.4) is 0 Å². The molecule has 0 unspecified atom stereocenters. The minimum absolute atomic E-state index is 0.170. The van der Waals surface area contributed by atoms with Gasteiger partial charge in [0.1, 0.15) is 24.0 Å². The first-order valence-corrected chi connectivity index (χ1v) is 9.38.